The second-order valence-electron chi connectivity index (χ2n) is 4.15. The zero-order valence-corrected chi connectivity index (χ0v) is 10.3. The van der Waals surface area contributed by atoms with Gasteiger partial charge in [0, 0.05) is 11.1 Å². The SMILES string of the molecule is Cc1ccc(C(=O)c2ccc(C(=O)OO)cc2)cc1. The van der Waals surface area contributed by atoms with Crippen molar-refractivity contribution < 1.29 is 19.7 Å². The molecule has 0 radical (unpaired) electrons. The van der Waals surface area contributed by atoms with Gasteiger partial charge in [0.1, 0.15) is 0 Å². The van der Waals surface area contributed by atoms with Crippen LogP contribution in [0.2, 0.25) is 0 Å². The molecule has 0 aliphatic carbocycles. The van der Waals surface area contributed by atoms with Crippen LogP contribution < -0.4 is 0 Å². The summed E-state index contributed by atoms with van der Waals surface area (Å²) in [5.74, 6) is -0.974. The minimum Gasteiger partial charge on any atom is -0.296 e. The zero-order chi connectivity index (χ0) is 13.8. The Labute approximate surface area is 110 Å². The lowest BCUT2D eigenvalue weighted by molar-refractivity contribution is -0.182. The highest BCUT2D eigenvalue weighted by molar-refractivity contribution is 6.09. The predicted octanol–water partition coefficient (Wildman–Crippen LogP) is 2.86. The standard InChI is InChI=1S/C15H12O4/c1-10-2-4-11(5-3-10)14(16)12-6-8-13(9-7-12)15(17)19-18/h2-9,18H,1H3. The number of hydrogen-bond donors (Lipinski definition) is 1. The van der Waals surface area contributed by atoms with Crippen LogP contribution in [0.15, 0.2) is 48.5 Å². The van der Waals surface area contributed by atoms with Crippen LogP contribution in [-0.4, -0.2) is 17.0 Å². The Kier molecular flexibility index (Phi) is 3.73. The van der Waals surface area contributed by atoms with Crippen molar-refractivity contribution >= 4 is 11.8 Å². The summed E-state index contributed by atoms with van der Waals surface area (Å²) in [6.07, 6.45) is 0. The highest BCUT2D eigenvalue weighted by Crippen LogP contribution is 2.12. The predicted molar refractivity (Wildman–Crippen MR) is 69.1 cm³/mol. The first kappa shape index (κ1) is 13.0. The lowest BCUT2D eigenvalue weighted by Crippen LogP contribution is -2.04. The minimum absolute atomic E-state index is 0.121. The molecule has 0 saturated heterocycles. The Balaban J connectivity index is 2.25. The van der Waals surface area contributed by atoms with Crippen LogP contribution in [-0.2, 0) is 4.89 Å². The Morgan fingerprint density at radius 1 is 0.842 bits per heavy atom. The third kappa shape index (κ3) is 2.86. The molecule has 0 unspecified atom stereocenters. The summed E-state index contributed by atoms with van der Waals surface area (Å²) in [6.45, 7) is 1.95. The van der Waals surface area contributed by atoms with E-state index in [0.717, 1.165) is 5.56 Å². The van der Waals surface area contributed by atoms with E-state index in [1.54, 1.807) is 12.1 Å². The van der Waals surface area contributed by atoms with E-state index in [9.17, 15) is 9.59 Å². The molecule has 19 heavy (non-hydrogen) atoms. The Hall–Kier alpha value is -2.46. The topological polar surface area (TPSA) is 63.6 Å². The molecule has 0 aliphatic heterocycles. The molecule has 96 valence electrons. The molecular formula is C15H12O4. The normalized spacial score (nSPS) is 10.0. The monoisotopic (exact) mass is 256 g/mol. The fraction of sp³-hybridized carbons (Fsp3) is 0.0667. The first-order valence-electron chi connectivity index (χ1n) is 5.69. The summed E-state index contributed by atoms with van der Waals surface area (Å²) < 4.78 is 0. The average Bonchev–Trinajstić information content (AvgIpc) is 2.46. The quantitative estimate of drug-likeness (QED) is 0.521. The van der Waals surface area contributed by atoms with Gasteiger partial charge in [0.15, 0.2) is 5.78 Å². The molecule has 0 aliphatic rings. The Bertz CT molecular complexity index is 597. The number of carbonyl (C=O) groups excluding carboxylic acids is 2. The van der Waals surface area contributed by atoms with Crippen molar-refractivity contribution in [2.45, 2.75) is 6.92 Å². The molecule has 0 atom stereocenters. The van der Waals surface area contributed by atoms with Gasteiger partial charge in [0.2, 0.25) is 0 Å². The number of aryl methyl sites for hydroxylation is 1. The van der Waals surface area contributed by atoms with Crippen LogP contribution in [0.25, 0.3) is 0 Å². The summed E-state index contributed by atoms with van der Waals surface area (Å²) in [6, 6.07) is 13.2. The molecule has 4 heteroatoms. The molecule has 2 aromatic carbocycles. The summed E-state index contributed by atoms with van der Waals surface area (Å²) in [4.78, 5) is 26.8. The fourth-order valence-electron chi connectivity index (χ4n) is 1.68. The third-order valence-electron chi connectivity index (χ3n) is 2.78. The van der Waals surface area contributed by atoms with E-state index in [0.29, 0.717) is 11.1 Å². The molecule has 0 saturated carbocycles. The molecule has 1 N–H and O–H groups in total. The van der Waals surface area contributed by atoms with Gasteiger partial charge < -0.3 is 0 Å². The number of ketones is 1. The van der Waals surface area contributed by atoms with Crippen molar-refractivity contribution in [1.82, 2.24) is 0 Å². The van der Waals surface area contributed by atoms with Gasteiger partial charge in [-0.2, -0.15) is 5.26 Å². The molecule has 0 spiro atoms. The summed E-state index contributed by atoms with van der Waals surface area (Å²) >= 11 is 0. The van der Waals surface area contributed by atoms with E-state index < -0.39 is 5.97 Å². The highest BCUT2D eigenvalue weighted by Gasteiger charge is 2.11. The van der Waals surface area contributed by atoms with E-state index in [2.05, 4.69) is 4.89 Å². The average molecular weight is 256 g/mol. The smallest absolute Gasteiger partial charge is 0.296 e. The fourth-order valence-corrected chi connectivity index (χ4v) is 1.68. The van der Waals surface area contributed by atoms with Gasteiger partial charge in [-0.3, -0.25) is 9.68 Å². The maximum atomic E-state index is 12.1. The molecule has 0 amide bonds. The van der Waals surface area contributed by atoms with Gasteiger partial charge in [-0.15, -0.1) is 0 Å². The van der Waals surface area contributed by atoms with Gasteiger partial charge >= 0.3 is 5.97 Å². The molecule has 0 bridgehead atoms. The summed E-state index contributed by atoms with van der Waals surface area (Å²) in [5, 5.41) is 8.25. The zero-order valence-electron chi connectivity index (χ0n) is 10.3. The second-order valence-corrected chi connectivity index (χ2v) is 4.15. The molecule has 0 fully saturated rings. The van der Waals surface area contributed by atoms with Gasteiger partial charge in [-0.1, -0.05) is 42.0 Å². The number of carbonyl (C=O) groups is 2. The molecule has 2 rings (SSSR count). The molecular weight excluding hydrogens is 244 g/mol. The minimum atomic E-state index is -0.852. The van der Waals surface area contributed by atoms with Crippen LogP contribution in [0, 0.1) is 6.92 Å². The van der Waals surface area contributed by atoms with Crippen molar-refractivity contribution in [2.75, 3.05) is 0 Å². The van der Waals surface area contributed by atoms with Gasteiger partial charge in [0.25, 0.3) is 0 Å². The lowest BCUT2D eigenvalue weighted by atomic mass is 10.0. The highest BCUT2D eigenvalue weighted by atomic mass is 17.1. The molecule has 0 heterocycles. The van der Waals surface area contributed by atoms with Crippen LogP contribution in [0.4, 0.5) is 0 Å². The van der Waals surface area contributed by atoms with E-state index in [-0.39, 0.29) is 11.3 Å². The second kappa shape index (κ2) is 5.46. The van der Waals surface area contributed by atoms with E-state index >= 15 is 0 Å². The van der Waals surface area contributed by atoms with Crippen molar-refractivity contribution in [3.8, 4) is 0 Å². The molecule has 4 nitrogen and oxygen atoms in total. The van der Waals surface area contributed by atoms with Crippen LogP contribution in [0.5, 0.6) is 0 Å². The first-order valence-corrected chi connectivity index (χ1v) is 5.69. The number of hydrogen-bond acceptors (Lipinski definition) is 4. The van der Waals surface area contributed by atoms with Crippen LogP contribution in [0.1, 0.15) is 31.8 Å². The first-order chi connectivity index (χ1) is 9.11. The van der Waals surface area contributed by atoms with Crippen molar-refractivity contribution in [2.24, 2.45) is 0 Å². The Morgan fingerprint density at radius 2 is 1.26 bits per heavy atom. The maximum absolute atomic E-state index is 12.1. The van der Waals surface area contributed by atoms with Crippen LogP contribution >= 0.6 is 0 Å². The van der Waals surface area contributed by atoms with Gasteiger partial charge in [-0.25, -0.2) is 4.79 Å². The van der Waals surface area contributed by atoms with E-state index in [1.807, 2.05) is 19.1 Å². The van der Waals surface area contributed by atoms with E-state index in [4.69, 9.17) is 5.26 Å². The molecule has 0 aromatic heterocycles. The summed E-state index contributed by atoms with van der Waals surface area (Å²) in [7, 11) is 0. The largest absolute Gasteiger partial charge is 0.372 e. The lowest BCUT2D eigenvalue weighted by Gasteiger charge is -2.03. The maximum Gasteiger partial charge on any atom is 0.372 e. The van der Waals surface area contributed by atoms with Crippen LogP contribution in [0.3, 0.4) is 0 Å². The van der Waals surface area contributed by atoms with Crippen molar-refractivity contribution in [3.05, 3.63) is 70.8 Å². The van der Waals surface area contributed by atoms with Crippen molar-refractivity contribution in [3.63, 3.8) is 0 Å². The third-order valence-corrected chi connectivity index (χ3v) is 2.78. The Morgan fingerprint density at radius 3 is 1.74 bits per heavy atom. The van der Waals surface area contributed by atoms with E-state index in [1.165, 1.54) is 24.3 Å². The van der Waals surface area contributed by atoms with Crippen molar-refractivity contribution in [1.29, 1.82) is 0 Å². The molecule has 2 aromatic rings. The van der Waals surface area contributed by atoms with Gasteiger partial charge in [-0.05, 0) is 19.1 Å². The summed E-state index contributed by atoms with van der Waals surface area (Å²) in [5.41, 5.74) is 2.32. The number of rotatable bonds is 3. The number of benzene rings is 2. The van der Waals surface area contributed by atoms with Gasteiger partial charge in [0.05, 0.1) is 5.56 Å².